The summed E-state index contributed by atoms with van der Waals surface area (Å²) >= 11 is 0. The van der Waals surface area contributed by atoms with Crippen LogP contribution in [0.25, 0.3) is 0 Å². The third-order valence-electron chi connectivity index (χ3n) is 8.90. The molecule has 0 aromatic rings. The normalized spacial score (nSPS) is 35.5. The van der Waals surface area contributed by atoms with E-state index in [4.69, 9.17) is 4.52 Å². The van der Waals surface area contributed by atoms with E-state index in [0.29, 0.717) is 41.9 Å². The van der Waals surface area contributed by atoms with Gasteiger partial charge < -0.3 is 9.79 Å². The van der Waals surface area contributed by atoms with Gasteiger partial charge in [0.1, 0.15) is 0 Å². The molecule has 0 saturated heterocycles. The van der Waals surface area contributed by atoms with Gasteiger partial charge in [-0.05, 0) is 91.9 Å². The number of hydrogen-bond donors (Lipinski definition) is 2. The summed E-state index contributed by atoms with van der Waals surface area (Å²) in [6, 6.07) is 0. The van der Waals surface area contributed by atoms with Gasteiger partial charge >= 0.3 is 7.82 Å². The van der Waals surface area contributed by atoms with Crippen molar-refractivity contribution in [3.05, 3.63) is 47.6 Å². The predicted octanol–water partition coefficient (Wildman–Crippen LogP) is 7.76. The highest BCUT2D eigenvalue weighted by Crippen LogP contribution is 2.59. The van der Waals surface area contributed by atoms with Crippen molar-refractivity contribution in [1.82, 2.24) is 0 Å². The van der Waals surface area contributed by atoms with Gasteiger partial charge in [0.2, 0.25) is 0 Å². The van der Waals surface area contributed by atoms with Crippen molar-refractivity contribution in [3.8, 4) is 0 Å². The van der Waals surface area contributed by atoms with E-state index in [0.717, 1.165) is 29.9 Å². The number of rotatable bonds is 7. The molecule has 0 aliphatic heterocycles. The Morgan fingerprint density at radius 3 is 2.48 bits per heavy atom. The number of phosphoric acid groups is 1. The van der Waals surface area contributed by atoms with E-state index in [1.807, 2.05) is 0 Å². The molecule has 0 amide bonds. The van der Waals surface area contributed by atoms with Crippen LogP contribution in [0.5, 0.6) is 0 Å². The van der Waals surface area contributed by atoms with E-state index >= 15 is 0 Å². The average Bonchev–Trinajstić information content (AvgIpc) is 3.08. The Hall–Kier alpha value is -0.930. The van der Waals surface area contributed by atoms with Gasteiger partial charge in [-0.25, -0.2) is 4.57 Å². The van der Waals surface area contributed by atoms with E-state index in [2.05, 4.69) is 65.5 Å². The molecule has 3 fully saturated rings. The standard InChI is InChI=1S/C28H45O4P/c1-19(2)20(3)9-10-22(5)26-15-16-27-23(8-7-17-28(26,27)6)12-13-24-18-25(14-11-21(24)4)32-33(29,30)31/h9-10,12-13,19-20,22,25-27H,4,7-8,11,14-18H2,1-3,5-6H3,(H2,29,30,31)/b10-9+,23-12+,24-13-/t20-,22+,25-,26+,27+,28+/m0/s1. The van der Waals surface area contributed by atoms with Crippen LogP contribution in [0.1, 0.15) is 86.0 Å². The van der Waals surface area contributed by atoms with Crippen LogP contribution in [0.2, 0.25) is 0 Å². The summed E-state index contributed by atoms with van der Waals surface area (Å²) in [7, 11) is -4.46. The molecule has 33 heavy (non-hydrogen) atoms. The molecule has 3 rings (SSSR count). The molecule has 3 aliphatic carbocycles. The fraction of sp³-hybridized carbons (Fsp3) is 0.714. The van der Waals surface area contributed by atoms with Crippen molar-refractivity contribution in [3.63, 3.8) is 0 Å². The van der Waals surface area contributed by atoms with Crippen molar-refractivity contribution >= 4 is 7.82 Å². The maximum atomic E-state index is 11.3. The molecule has 3 saturated carbocycles. The molecule has 0 bridgehead atoms. The van der Waals surface area contributed by atoms with Crippen LogP contribution >= 0.6 is 7.82 Å². The van der Waals surface area contributed by atoms with Crippen molar-refractivity contribution in [2.75, 3.05) is 0 Å². The summed E-state index contributed by atoms with van der Waals surface area (Å²) < 4.78 is 16.3. The molecule has 0 unspecified atom stereocenters. The largest absolute Gasteiger partial charge is 0.469 e. The zero-order valence-electron chi connectivity index (χ0n) is 21.3. The molecule has 6 atom stereocenters. The number of hydrogen-bond acceptors (Lipinski definition) is 2. The molecular formula is C28H45O4P. The van der Waals surface area contributed by atoms with E-state index < -0.39 is 13.9 Å². The van der Waals surface area contributed by atoms with Crippen LogP contribution in [0.3, 0.4) is 0 Å². The molecule has 186 valence electrons. The Morgan fingerprint density at radius 2 is 1.82 bits per heavy atom. The molecule has 2 N–H and O–H groups in total. The second kappa shape index (κ2) is 10.8. The Morgan fingerprint density at radius 1 is 1.09 bits per heavy atom. The first-order chi connectivity index (χ1) is 15.4. The number of allylic oxidation sites excluding steroid dienone is 6. The summed E-state index contributed by atoms with van der Waals surface area (Å²) in [5.74, 6) is 3.25. The fourth-order valence-electron chi connectivity index (χ4n) is 6.52. The third kappa shape index (κ3) is 6.60. The monoisotopic (exact) mass is 476 g/mol. The quantitative estimate of drug-likeness (QED) is 0.291. The second-order valence-electron chi connectivity index (χ2n) is 11.4. The maximum absolute atomic E-state index is 11.3. The smallest absolute Gasteiger partial charge is 0.303 e. The summed E-state index contributed by atoms with van der Waals surface area (Å²) in [4.78, 5) is 18.4. The lowest BCUT2D eigenvalue weighted by Gasteiger charge is -2.44. The van der Waals surface area contributed by atoms with Crippen LogP contribution in [0.15, 0.2) is 47.6 Å². The van der Waals surface area contributed by atoms with Gasteiger partial charge in [0.25, 0.3) is 0 Å². The van der Waals surface area contributed by atoms with Gasteiger partial charge in [-0.1, -0.05) is 76.6 Å². The summed E-state index contributed by atoms with van der Waals surface area (Å²) in [6.07, 6.45) is 17.1. The molecule has 0 spiro atoms. The Bertz CT molecular complexity index is 848. The average molecular weight is 477 g/mol. The van der Waals surface area contributed by atoms with E-state index in [1.165, 1.54) is 25.7 Å². The first kappa shape index (κ1) is 26.7. The lowest BCUT2D eigenvalue weighted by atomic mass is 9.61. The summed E-state index contributed by atoms with van der Waals surface area (Å²) in [5.41, 5.74) is 4.05. The number of phosphoric ester groups is 1. The molecule has 0 aromatic carbocycles. The minimum absolute atomic E-state index is 0.350. The highest BCUT2D eigenvalue weighted by Gasteiger charge is 2.50. The first-order valence-corrected chi connectivity index (χ1v) is 14.4. The predicted molar refractivity (Wildman–Crippen MR) is 137 cm³/mol. The highest BCUT2D eigenvalue weighted by atomic mass is 31.2. The SMILES string of the molecule is C=C1CC[C@H](OP(=O)(O)O)C/C1=C/C=C1\CCC[C@@]2(C)[C@@H]1CC[C@@H]2[C@H](C)/C=C/[C@H](C)C(C)C. The Balaban J connectivity index is 1.74. The highest BCUT2D eigenvalue weighted by molar-refractivity contribution is 7.46. The van der Waals surface area contributed by atoms with Gasteiger partial charge in [0.05, 0.1) is 6.10 Å². The second-order valence-corrected chi connectivity index (χ2v) is 12.6. The minimum Gasteiger partial charge on any atom is -0.303 e. The molecule has 5 heteroatoms. The zero-order chi connectivity index (χ0) is 24.4. The molecular weight excluding hydrogens is 431 g/mol. The summed E-state index contributed by atoms with van der Waals surface area (Å²) in [5, 5.41) is 0. The number of fused-ring (bicyclic) bond motifs is 1. The lowest BCUT2D eigenvalue weighted by molar-refractivity contribution is 0.112. The van der Waals surface area contributed by atoms with Gasteiger partial charge in [-0.3, -0.25) is 4.52 Å². The van der Waals surface area contributed by atoms with Gasteiger partial charge in [0.15, 0.2) is 0 Å². The van der Waals surface area contributed by atoms with Gasteiger partial charge in [-0.2, -0.15) is 0 Å². The molecule has 3 aliphatic rings. The summed E-state index contributed by atoms with van der Waals surface area (Å²) in [6.45, 7) is 16.0. The first-order valence-electron chi connectivity index (χ1n) is 12.9. The van der Waals surface area contributed by atoms with Crippen LogP contribution in [0.4, 0.5) is 0 Å². The van der Waals surface area contributed by atoms with Crippen LogP contribution in [-0.4, -0.2) is 15.9 Å². The van der Waals surface area contributed by atoms with E-state index in [9.17, 15) is 14.4 Å². The molecule has 0 heterocycles. The van der Waals surface area contributed by atoms with E-state index in [1.54, 1.807) is 5.57 Å². The van der Waals surface area contributed by atoms with Gasteiger partial charge in [-0.15, -0.1) is 0 Å². The van der Waals surface area contributed by atoms with Crippen molar-refractivity contribution in [2.45, 2.75) is 92.1 Å². The van der Waals surface area contributed by atoms with Crippen LogP contribution in [0, 0.1) is 35.0 Å². The third-order valence-corrected chi connectivity index (χ3v) is 9.47. The van der Waals surface area contributed by atoms with Crippen molar-refractivity contribution in [1.29, 1.82) is 0 Å². The minimum atomic E-state index is -4.46. The van der Waals surface area contributed by atoms with Gasteiger partial charge in [0, 0.05) is 0 Å². The molecule has 4 nitrogen and oxygen atoms in total. The van der Waals surface area contributed by atoms with Crippen molar-refractivity contribution < 1.29 is 18.9 Å². The molecule has 0 aromatic heterocycles. The topological polar surface area (TPSA) is 66.8 Å². The van der Waals surface area contributed by atoms with E-state index in [-0.39, 0.29) is 0 Å². The van der Waals surface area contributed by atoms with Crippen LogP contribution < -0.4 is 0 Å². The Labute approximate surface area is 201 Å². The Kier molecular flexibility index (Phi) is 8.71. The van der Waals surface area contributed by atoms with Crippen LogP contribution in [-0.2, 0) is 9.09 Å². The molecule has 0 radical (unpaired) electrons. The lowest BCUT2D eigenvalue weighted by Crippen LogP contribution is -2.35. The zero-order valence-corrected chi connectivity index (χ0v) is 22.2. The maximum Gasteiger partial charge on any atom is 0.469 e. The van der Waals surface area contributed by atoms with Crippen molar-refractivity contribution in [2.24, 2.45) is 35.0 Å². The fourth-order valence-corrected chi connectivity index (χ4v) is 7.08.